The van der Waals surface area contributed by atoms with E-state index in [0.29, 0.717) is 22.1 Å². The van der Waals surface area contributed by atoms with Crippen molar-refractivity contribution in [1.29, 1.82) is 0 Å². The quantitative estimate of drug-likeness (QED) is 0.472. The molecule has 1 heterocycles. The maximum absolute atomic E-state index is 12.1. The van der Waals surface area contributed by atoms with E-state index in [9.17, 15) is 14.9 Å². The van der Waals surface area contributed by atoms with Gasteiger partial charge in [-0.1, -0.05) is 0 Å². The van der Waals surface area contributed by atoms with E-state index in [4.69, 9.17) is 0 Å². The van der Waals surface area contributed by atoms with E-state index < -0.39 is 4.92 Å². The van der Waals surface area contributed by atoms with E-state index in [1.807, 2.05) is 35.7 Å². The van der Waals surface area contributed by atoms with Gasteiger partial charge in [0.2, 0.25) is 0 Å². The fourth-order valence-corrected chi connectivity index (χ4v) is 2.43. The maximum atomic E-state index is 12.1. The second-order valence-electron chi connectivity index (χ2n) is 4.37. The van der Waals surface area contributed by atoms with Gasteiger partial charge in [0.15, 0.2) is 0 Å². The topological polar surface area (TPSA) is 90.1 Å². The second-order valence-corrected chi connectivity index (χ2v) is 5.54. The van der Waals surface area contributed by atoms with Gasteiger partial charge in [-0.3, -0.25) is 19.6 Å². The van der Waals surface area contributed by atoms with Crippen molar-refractivity contribution in [2.45, 2.75) is 6.42 Å². The monoisotopic (exact) mass is 400 g/mol. The molecule has 2 aromatic rings. The van der Waals surface area contributed by atoms with E-state index >= 15 is 0 Å². The summed E-state index contributed by atoms with van der Waals surface area (Å²) in [6.45, 7) is 0.442. The number of benzene rings is 1. The molecule has 1 aromatic heterocycles. The largest absolute Gasteiger partial charge is 0.352 e. The summed E-state index contributed by atoms with van der Waals surface area (Å²) >= 11 is 1.99. The van der Waals surface area contributed by atoms with Crippen LogP contribution in [0.1, 0.15) is 16.1 Å². The van der Waals surface area contributed by atoms with Gasteiger partial charge in [0.05, 0.1) is 10.5 Å². The first kappa shape index (κ1) is 15.4. The number of aryl methyl sites for hydroxylation is 1. The molecule has 8 heteroatoms. The van der Waals surface area contributed by atoms with E-state index in [1.165, 1.54) is 12.1 Å². The van der Waals surface area contributed by atoms with Crippen LogP contribution >= 0.6 is 22.6 Å². The highest BCUT2D eigenvalue weighted by Crippen LogP contribution is 2.19. The predicted molar refractivity (Wildman–Crippen MR) is 85.1 cm³/mol. The summed E-state index contributed by atoms with van der Waals surface area (Å²) in [6, 6.07) is 6.12. The smallest absolute Gasteiger partial charge is 0.270 e. The number of halogens is 1. The molecule has 1 aromatic carbocycles. The Kier molecular flexibility index (Phi) is 4.89. The Balaban J connectivity index is 2.01. The van der Waals surface area contributed by atoms with Crippen molar-refractivity contribution in [2.75, 3.05) is 6.54 Å². The Morgan fingerprint density at radius 3 is 2.86 bits per heavy atom. The summed E-state index contributed by atoms with van der Waals surface area (Å²) in [5, 5.41) is 17.6. The molecule has 0 aliphatic rings. The number of amides is 1. The lowest BCUT2D eigenvalue weighted by atomic mass is 10.2. The molecular weight excluding hydrogens is 387 g/mol. The zero-order chi connectivity index (χ0) is 15.4. The molecule has 1 amide bonds. The van der Waals surface area contributed by atoms with E-state index in [-0.39, 0.29) is 11.6 Å². The van der Waals surface area contributed by atoms with Gasteiger partial charge in [-0.05, 0) is 34.7 Å². The molecule has 0 bridgehead atoms. The van der Waals surface area contributed by atoms with Crippen LogP contribution in [0.15, 0.2) is 30.5 Å². The van der Waals surface area contributed by atoms with Gasteiger partial charge >= 0.3 is 0 Å². The molecule has 0 saturated carbocycles. The number of rotatable bonds is 5. The van der Waals surface area contributed by atoms with Gasteiger partial charge < -0.3 is 5.32 Å². The van der Waals surface area contributed by atoms with Crippen molar-refractivity contribution >= 4 is 34.2 Å². The predicted octanol–water partition coefficient (Wildman–Crippen LogP) is 1.91. The third-order valence-corrected chi connectivity index (χ3v) is 3.94. The first-order valence-electron chi connectivity index (χ1n) is 6.18. The highest BCUT2D eigenvalue weighted by molar-refractivity contribution is 14.1. The molecule has 0 aliphatic carbocycles. The minimum absolute atomic E-state index is 0.0906. The fraction of sp³-hybridized carbons (Fsp3) is 0.231. The second kappa shape index (κ2) is 6.66. The number of non-ortho nitro benzene ring substituents is 1. The summed E-state index contributed by atoms with van der Waals surface area (Å²) < 4.78 is 2.42. The number of carbonyl (C=O) groups is 1. The van der Waals surface area contributed by atoms with E-state index in [2.05, 4.69) is 10.4 Å². The lowest BCUT2D eigenvalue weighted by molar-refractivity contribution is -0.384. The number of nitro groups is 1. The average Bonchev–Trinajstić information content (AvgIpc) is 2.84. The van der Waals surface area contributed by atoms with Crippen molar-refractivity contribution in [2.24, 2.45) is 7.05 Å². The molecule has 1 N–H and O–H groups in total. The van der Waals surface area contributed by atoms with E-state index in [0.717, 1.165) is 5.69 Å². The van der Waals surface area contributed by atoms with Gasteiger partial charge in [0, 0.05) is 47.6 Å². The molecule has 0 saturated heterocycles. The molecule has 0 radical (unpaired) electrons. The number of nitrogens with zero attached hydrogens (tertiary/aromatic N) is 3. The Morgan fingerprint density at radius 1 is 1.48 bits per heavy atom. The normalized spacial score (nSPS) is 10.4. The first-order chi connectivity index (χ1) is 9.99. The number of aromatic nitrogens is 2. The van der Waals surface area contributed by atoms with Crippen molar-refractivity contribution in [3.8, 4) is 0 Å². The zero-order valence-corrected chi connectivity index (χ0v) is 13.4. The van der Waals surface area contributed by atoms with Crippen molar-refractivity contribution in [3.05, 3.63) is 55.4 Å². The maximum Gasteiger partial charge on any atom is 0.270 e. The summed E-state index contributed by atoms with van der Waals surface area (Å²) in [4.78, 5) is 22.3. The van der Waals surface area contributed by atoms with Crippen LogP contribution < -0.4 is 5.32 Å². The lowest BCUT2D eigenvalue weighted by Gasteiger charge is -2.07. The van der Waals surface area contributed by atoms with Crippen molar-refractivity contribution in [3.63, 3.8) is 0 Å². The molecular formula is C13H13IN4O3. The van der Waals surface area contributed by atoms with Gasteiger partial charge in [-0.25, -0.2) is 0 Å². The Bertz CT molecular complexity index is 684. The minimum Gasteiger partial charge on any atom is -0.352 e. The van der Waals surface area contributed by atoms with Crippen LogP contribution in [0.25, 0.3) is 0 Å². The number of hydrogen-bond acceptors (Lipinski definition) is 4. The number of hydrogen-bond donors (Lipinski definition) is 1. The molecule has 0 unspecified atom stereocenters. The number of carbonyl (C=O) groups excluding carboxylic acids is 1. The zero-order valence-electron chi connectivity index (χ0n) is 11.2. The first-order valence-corrected chi connectivity index (χ1v) is 7.26. The van der Waals surface area contributed by atoms with Crippen LogP contribution in [0.4, 0.5) is 5.69 Å². The number of nitro benzene ring substituents is 1. The fourth-order valence-electron chi connectivity index (χ4n) is 1.85. The third kappa shape index (κ3) is 3.78. The lowest BCUT2D eigenvalue weighted by Crippen LogP contribution is -2.27. The Morgan fingerprint density at radius 2 is 2.24 bits per heavy atom. The summed E-state index contributed by atoms with van der Waals surface area (Å²) in [6.07, 6.45) is 2.34. The van der Waals surface area contributed by atoms with Crippen LogP contribution in [0, 0.1) is 13.7 Å². The van der Waals surface area contributed by atoms with Gasteiger partial charge in [0.1, 0.15) is 0 Å². The summed E-state index contributed by atoms with van der Waals surface area (Å²) in [5.74, 6) is -0.315. The molecule has 2 rings (SSSR count). The van der Waals surface area contributed by atoms with Crippen molar-refractivity contribution < 1.29 is 9.72 Å². The highest BCUT2D eigenvalue weighted by Gasteiger charge is 2.15. The van der Waals surface area contributed by atoms with Crippen LogP contribution in [0.3, 0.4) is 0 Å². The molecule has 110 valence electrons. The van der Waals surface area contributed by atoms with Gasteiger partial charge in [-0.15, -0.1) is 0 Å². The standard InChI is InChI=1S/C13H13IN4O3/c1-17-9(5-7-16-17)4-6-15-13(19)11-8-10(18(20)21)2-3-12(11)14/h2-3,5,7-8H,4,6H2,1H3,(H,15,19). The molecule has 7 nitrogen and oxygen atoms in total. The van der Waals surface area contributed by atoms with Gasteiger partial charge in [0.25, 0.3) is 11.6 Å². The number of nitrogens with one attached hydrogen (secondary N) is 1. The Hall–Kier alpha value is -1.97. The summed E-state index contributed by atoms with van der Waals surface area (Å²) in [7, 11) is 1.83. The average molecular weight is 400 g/mol. The van der Waals surface area contributed by atoms with Crippen LogP contribution in [0.5, 0.6) is 0 Å². The molecule has 21 heavy (non-hydrogen) atoms. The Labute approximate surface area is 134 Å². The summed E-state index contributed by atoms with van der Waals surface area (Å²) in [5.41, 5.74) is 1.23. The highest BCUT2D eigenvalue weighted by atomic mass is 127. The van der Waals surface area contributed by atoms with E-state index in [1.54, 1.807) is 16.9 Å². The van der Waals surface area contributed by atoms with Gasteiger partial charge in [-0.2, -0.15) is 5.10 Å². The molecule has 0 atom stereocenters. The molecule has 0 aliphatic heterocycles. The van der Waals surface area contributed by atoms with Crippen LogP contribution in [-0.4, -0.2) is 27.2 Å². The third-order valence-electron chi connectivity index (χ3n) is 2.99. The molecule has 0 fully saturated rings. The van der Waals surface area contributed by atoms with Crippen LogP contribution in [0.2, 0.25) is 0 Å². The SMILES string of the molecule is Cn1nccc1CCNC(=O)c1cc([N+](=O)[O-])ccc1I. The molecule has 0 spiro atoms. The van der Waals surface area contributed by atoms with Crippen molar-refractivity contribution in [1.82, 2.24) is 15.1 Å². The minimum atomic E-state index is -0.511. The van der Waals surface area contributed by atoms with Crippen LogP contribution in [-0.2, 0) is 13.5 Å².